The second-order valence-electron chi connectivity index (χ2n) is 7.11. The number of hydrogen-bond acceptors (Lipinski definition) is 5. The SMILES string of the molecule is CCC(CC)NC(=O)C1CCCN(Cc2nc(-c3ccc(Br)cc3)no2)C1. The van der Waals surface area contributed by atoms with Crippen LogP contribution in [0.4, 0.5) is 0 Å². The molecule has 2 aromatic rings. The van der Waals surface area contributed by atoms with Crippen LogP contribution in [0.5, 0.6) is 0 Å². The third-order valence-corrected chi connectivity index (χ3v) is 5.67. The number of piperidine rings is 1. The highest BCUT2D eigenvalue weighted by Gasteiger charge is 2.27. The van der Waals surface area contributed by atoms with Gasteiger partial charge < -0.3 is 9.84 Å². The molecule has 0 bridgehead atoms. The van der Waals surface area contributed by atoms with Crippen LogP contribution in [0, 0.1) is 5.92 Å². The van der Waals surface area contributed by atoms with E-state index in [0.717, 1.165) is 48.8 Å². The largest absolute Gasteiger partial charge is 0.353 e. The average molecular weight is 435 g/mol. The van der Waals surface area contributed by atoms with Crippen molar-refractivity contribution in [2.75, 3.05) is 13.1 Å². The average Bonchev–Trinajstić information content (AvgIpc) is 3.15. The smallest absolute Gasteiger partial charge is 0.241 e. The zero-order valence-electron chi connectivity index (χ0n) is 15.9. The standard InChI is InChI=1S/C20H27BrN4O2/c1-3-17(4-2)22-20(26)15-6-5-11-25(12-15)13-18-23-19(24-27-18)14-7-9-16(21)10-8-14/h7-10,15,17H,3-6,11-13H2,1-2H3,(H,22,26). The van der Waals surface area contributed by atoms with Crippen molar-refractivity contribution in [3.8, 4) is 11.4 Å². The normalized spacial score (nSPS) is 18.0. The minimum Gasteiger partial charge on any atom is -0.353 e. The van der Waals surface area contributed by atoms with Gasteiger partial charge in [0.2, 0.25) is 17.6 Å². The summed E-state index contributed by atoms with van der Waals surface area (Å²) in [7, 11) is 0. The molecule has 27 heavy (non-hydrogen) atoms. The Morgan fingerprint density at radius 1 is 1.33 bits per heavy atom. The summed E-state index contributed by atoms with van der Waals surface area (Å²) < 4.78 is 6.45. The molecule has 1 amide bonds. The molecule has 1 aliphatic heterocycles. The highest BCUT2D eigenvalue weighted by molar-refractivity contribution is 9.10. The number of halogens is 1. The van der Waals surface area contributed by atoms with Gasteiger partial charge in [0.05, 0.1) is 12.5 Å². The van der Waals surface area contributed by atoms with Crippen molar-refractivity contribution < 1.29 is 9.32 Å². The van der Waals surface area contributed by atoms with E-state index < -0.39 is 0 Å². The Hall–Kier alpha value is -1.73. The van der Waals surface area contributed by atoms with E-state index in [9.17, 15) is 4.79 Å². The first-order chi connectivity index (χ1) is 13.1. The van der Waals surface area contributed by atoms with E-state index in [0.29, 0.717) is 18.3 Å². The van der Waals surface area contributed by atoms with Crippen molar-refractivity contribution >= 4 is 21.8 Å². The topological polar surface area (TPSA) is 71.3 Å². The lowest BCUT2D eigenvalue weighted by Crippen LogP contribution is -2.45. The van der Waals surface area contributed by atoms with Gasteiger partial charge in [0.1, 0.15) is 0 Å². The van der Waals surface area contributed by atoms with Crippen LogP contribution in [0.1, 0.15) is 45.4 Å². The number of likely N-dealkylation sites (tertiary alicyclic amines) is 1. The van der Waals surface area contributed by atoms with E-state index in [4.69, 9.17) is 4.52 Å². The fraction of sp³-hybridized carbons (Fsp3) is 0.550. The summed E-state index contributed by atoms with van der Waals surface area (Å²) in [6, 6.07) is 8.10. The van der Waals surface area contributed by atoms with Gasteiger partial charge >= 0.3 is 0 Å². The van der Waals surface area contributed by atoms with Gasteiger partial charge in [-0.05, 0) is 56.5 Å². The first-order valence-electron chi connectivity index (χ1n) is 9.70. The number of benzene rings is 1. The highest BCUT2D eigenvalue weighted by atomic mass is 79.9. The van der Waals surface area contributed by atoms with Gasteiger partial charge in [0, 0.05) is 22.6 Å². The summed E-state index contributed by atoms with van der Waals surface area (Å²) in [5.41, 5.74) is 0.925. The van der Waals surface area contributed by atoms with Crippen LogP contribution in [0.2, 0.25) is 0 Å². The van der Waals surface area contributed by atoms with Crippen molar-refractivity contribution in [2.45, 2.75) is 52.1 Å². The second-order valence-corrected chi connectivity index (χ2v) is 8.03. The molecule has 2 heterocycles. The molecule has 1 aliphatic rings. The fourth-order valence-electron chi connectivity index (χ4n) is 3.45. The number of carbonyl (C=O) groups excluding carboxylic acids is 1. The van der Waals surface area contributed by atoms with Crippen LogP contribution in [0.3, 0.4) is 0 Å². The first kappa shape index (κ1) is 20.0. The van der Waals surface area contributed by atoms with Crippen LogP contribution in [0.25, 0.3) is 11.4 Å². The molecular formula is C20H27BrN4O2. The third-order valence-electron chi connectivity index (χ3n) is 5.14. The molecule has 1 N–H and O–H groups in total. The minimum atomic E-state index is 0.0354. The third kappa shape index (κ3) is 5.39. The Balaban J connectivity index is 1.58. The van der Waals surface area contributed by atoms with E-state index in [-0.39, 0.29) is 17.9 Å². The molecule has 1 atom stereocenters. The van der Waals surface area contributed by atoms with Crippen LogP contribution in [0.15, 0.2) is 33.3 Å². The quantitative estimate of drug-likeness (QED) is 0.712. The van der Waals surface area contributed by atoms with Gasteiger partial charge in [0.15, 0.2) is 0 Å². The van der Waals surface area contributed by atoms with Gasteiger partial charge in [-0.3, -0.25) is 9.69 Å². The molecule has 0 radical (unpaired) electrons. The Bertz CT molecular complexity index is 743. The van der Waals surface area contributed by atoms with Crippen LogP contribution >= 0.6 is 15.9 Å². The molecular weight excluding hydrogens is 408 g/mol. The lowest BCUT2D eigenvalue weighted by atomic mass is 9.96. The first-order valence-corrected chi connectivity index (χ1v) is 10.5. The molecule has 1 aromatic carbocycles. The number of amides is 1. The molecule has 1 unspecified atom stereocenters. The zero-order valence-corrected chi connectivity index (χ0v) is 17.5. The van der Waals surface area contributed by atoms with Crippen molar-refractivity contribution in [3.63, 3.8) is 0 Å². The van der Waals surface area contributed by atoms with Crippen molar-refractivity contribution in [1.82, 2.24) is 20.4 Å². The molecule has 146 valence electrons. The van der Waals surface area contributed by atoms with Crippen LogP contribution in [-0.4, -0.2) is 40.1 Å². The highest BCUT2D eigenvalue weighted by Crippen LogP contribution is 2.22. The van der Waals surface area contributed by atoms with E-state index in [1.165, 1.54) is 0 Å². The van der Waals surface area contributed by atoms with Crippen molar-refractivity contribution in [2.24, 2.45) is 5.92 Å². The van der Waals surface area contributed by atoms with E-state index in [2.05, 4.69) is 50.1 Å². The molecule has 0 aliphatic carbocycles. The summed E-state index contributed by atoms with van der Waals surface area (Å²) in [6.45, 7) is 6.49. The molecule has 0 spiro atoms. The zero-order chi connectivity index (χ0) is 19.2. The summed E-state index contributed by atoms with van der Waals surface area (Å²) in [5.74, 6) is 1.40. The van der Waals surface area contributed by atoms with E-state index in [1.807, 2.05) is 24.3 Å². The van der Waals surface area contributed by atoms with Gasteiger partial charge in [-0.15, -0.1) is 0 Å². The maximum absolute atomic E-state index is 12.5. The number of rotatable bonds is 7. The Kier molecular flexibility index (Phi) is 7.01. The van der Waals surface area contributed by atoms with Crippen LogP contribution in [-0.2, 0) is 11.3 Å². The maximum Gasteiger partial charge on any atom is 0.241 e. The molecule has 0 saturated carbocycles. The minimum absolute atomic E-state index is 0.0354. The molecule has 1 fully saturated rings. The fourth-order valence-corrected chi connectivity index (χ4v) is 3.72. The number of nitrogens with zero attached hydrogens (tertiary/aromatic N) is 3. The molecule has 7 heteroatoms. The number of carbonyl (C=O) groups is 1. The maximum atomic E-state index is 12.5. The molecule has 1 aromatic heterocycles. The summed E-state index contributed by atoms with van der Waals surface area (Å²) in [6.07, 6.45) is 3.89. The second kappa shape index (κ2) is 9.46. The number of nitrogens with one attached hydrogen (secondary N) is 1. The Labute approximate surface area is 168 Å². The van der Waals surface area contributed by atoms with Gasteiger partial charge in [-0.2, -0.15) is 4.98 Å². The number of aromatic nitrogens is 2. The van der Waals surface area contributed by atoms with Crippen LogP contribution < -0.4 is 5.32 Å². The van der Waals surface area contributed by atoms with Gasteiger partial charge in [0.25, 0.3) is 0 Å². The van der Waals surface area contributed by atoms with E-state index in [1.54, 1.807) is 0 Å². The monoisotopic (exact) mass is 434 g/mol. The van der Waals surface area contributed by atoms with E-state index >= 15 is 0 Å². The molecule has 1 saturated heterocycles. The van der Waals surface area contributed by atoms with Gasteiger partial charge in [-0.25, -0.2) is 0 Å². The van der Waals surface area contributed by atoms with Crippen molar-refractivity contribution in [3.05, 3.63) is 34.6 Å². The summed E-state index contributed by atoms with van der Waals surface area (Å²) in [4.78, 5) is 19.3. The predicted molar refractivity (Wildman–Crippen MR) is 108 cm³/mol. The molecule has 3 rings (SSSR count). The Morgan fingerprint density at radius 2 is 2.07 bits per heavy atom. The Morgan fingerprint density at radius 3 is 2.78 bits per heavy atom. The predicted octanol–water partition coefficient (Wildman–Crippen LogP) is 4.02. The summed E-state index contributed by atoms with van der Waals surface area (Å²) in [5, 5.41) is 7.27. The lowest BCUT2D eigenvalue weighted by Gasteiger charge is -2.31. The van der Waals surface area contributed by atoms with Crippen molar-refractivity contribution in [1.29, 1.82) is 0 Å². The number of hydrogen-bond donors (Lipinski definition) is 1. The summed E-state index contributed by atoms with van der Waals surface area (Å²) >= 11 is 3.43. The lowest BCUT2D eigenvalue weighted by molar-refractivity contribution is -0.127. The van der Waals surface area contributed by atoms with Gasteiger partial charge in [-0.1, -0.05) is 34.9 Å². The molecule has 6 nitrogen and oxygen atoms in total.